The van der Waals surface area contributed by atoms with Crippen LogP contribution in [0.15, 0.2) is 24.3 Å². The molecule has 0 saturated carbocycles. The van der Waals surface area contributed by atoms with Crippen molar-refractivity contribution < 1.29 is 22.7 Å². The molecule has 0 aromatic heterocycles. The zero-order valence-electron chi connectivity index (χ0n) is 16.7. The molecule has 29 heavy (non-hydrogen) atoms. The third-order valence-electron chi connectivity index (χ3n) is 5.48. The summed E-state index contributed by atoms with van der Waals surface area (Å²) in [5.41, 5.74) is 0.774. The van der Waals surface area contributed by atoms with Crippen molar-refractivity contribution in [1.82, 2.24) is 15.1 Å². The van der Waals surface area contributed by atoms with Gasteiger partial charge in [-0.05, 0) is 30.7 Å². The smallest absolute Gasteiger partial charge is 0.405 e. The predicted molar refractivity (Wildman–Crippen MR) is 105 cm³/mol. The number of hydrogen-bond acceptors (Lipinski definition) is 5. The molecule has 1 aromatic carbocycles. The van der Waals surface area contributed by atoms with Crippen LogP contribution in [0, 0.1) is 0 Å². The normalized spacial score (nSPS) is 21.3. The van der Waals surface area contributed by atoms with Gasteiger partial charge in [-0.1, -0.05) is 0 Å². The second kappa shape index (κ2) is 9.67. The number of anilines is 1. The van der Waals surface area contributed by atoms with Crippen LogP contribution in [0.25, 0.3) is 0 Å². The molecule has 1 aromatic rings. The maximum Gasteiger partial charge on any atom is 0.405 e. The summed E-state index contributed by atoms with van der Waals surface area (Å²) in [5, 5.41) is 2.52. The molecular formula is C20H29F3N4O2. The van der Waals surface area contributed by atoms with Crippen molar-refractivity contribution in [3.63, 3.8) is 0 Å². The third kappa shape index (κ3) is 6.24. The summed E-state index contributed by atoms with van der Waals surface area (Å²) < 4.78 is 44.6. The van der Waals surface area contributed by atoms with Gasteiger partial charge in [0, 0.05) is 65.0 Å². The van der Waals surface area contributed by atoms with Crippen molar-refractivity contribution in [3.05, 3.63) is 24.3 Å². The Balaban J connectivity index is 1.38. The Morgan fingerprint density at radius 2 is 1.83 bits per heavy atom. The monoisotopic (exact) mass is 414 g/mol. The molecule has 0 spiro atoms. The molecule has 1 atom stereocenters. The minimum Gasteiger partial charge on any atom is -0.494 e. The first kappa shape index (κ1) is 21.7. The van der Waals surface area contributed by atoms with Crippen LogP contribution in [0.3, 0.4) is 0 Å². The van der Waals surface area contributed by atoms with Crippen LogP contribution in [0.4, 0.5) is 18.9 Å². The summed E-state index contributed by atoms with van der Waals surface area (Å²) in [6.07, 6.45) is -3.35. The van der Waals surface area contributed by atoms with Crippen molar-refractivity contribution in [2.75, 3.05) is 63.9 Å². The van der Waals surface area contributed by atoms with Gasteiger partial charge in [-0.25, -0.2) is 0 Å². The number of nitrogens with zero attached hydrogens (tertiary/aromatic N) is 3. The van der Waals surface area contributed by atoms with Gasteiger partial charge in [-0.3, -0.25) is 9.69 Å². The lowest BCUT2D eigenvalue weighted by Gasteiger charge is -2.36. The Morgan fingerprint density at radius 3 is 2.45 bits per heavy atom. The zero-order valence-corrected chi connectivity index (χ0v) is 16.7. The van der Waals surface area contributed by atoms with Crippen LogP contribution >= 0.6 is 0 Å². The molecule has 2 aliphatic heterocycles. The summed E-state index contributed by atoms with van der Waals surface area (Å²) in [5.74, 6) is 0.851. The van der Waals surface area contributed by atoms with Gasteiger partial charge >= 0.3 is 6.18 Å². The highest BCUT2D eigenvalue weighted by molar-refractivity contribution is 5.73. The van der Waals surface area contributed by atoms with E-state index < -0.39 is 12.2 Å². The Morgan fingerprint density at radius 1 is 1.14 bits per heavy atom. The first-order chi connectivity index (χ1) is 13.8. The molecule has 3 rings (SSSR count). The van der Waals surface area contributed by atoms with Crippen molar-refractivity contribution in [2.45, 2.75) is 25.6 Å². The first-order valence-corrected chi connectivity index (χ1v) is 10.1. The quantitative estimate of drug-likeness (QED) is 0.722. The Labute approximate surface area is 169 Å². The van der Waals surface area contributed by atoms with Crippen LogP contribution in [0.1, 0.15) is 13.3 Å². The van der Waals surface area contributed by atoms with Gasteiger partial charge in [-0.15, -0.1) is 0 Å². The van der Waals surface area contributed by atoms with Gasteiger partial charge in [-0.2, -0.15) is 13.2 Å². The number of nitrogens with one attached hydrogen (secondary N) is 1. The van der Waals surface area contributed by atoms with E-state index in [0.717, 1.165) is 50.6 Å². The van der Waals surface area contributed by atoms with E-state index in [-0.39, 0.29) is 12.5 Å². The van der Waals surface area contributed by atoms with E-state index in [2.05, 4.69) is 10.2 Å². The minimum atomic E-state index is -4.24. The van der Waals surface area contributed by atoms with E-state index in [1.54, 1.807) is 11.8 Å². The highest BCUT2D eigenvalue weighted by atomic mass is 19.4. The number of piperazine rings is 2. The van der Waals surface area contributed by atoms with Gasteiger partial charge in [0.2, 0.25) is 5.91 Å². The number of hydrogen-bond donors (Lipinski definition) is 1. The largest absolute Gasteiger partial charge is 0.494 e. The maximum absolute atomic E-state index is 12.9. The lowest BCUT2D eigenvalue weighted by molar-refractivity contribution is -0.155. The zero-order chi connectivity index (χ0) is 20.9. The summed E-state index contributed by atoms with van der Waals surface area (Å²) in [7, 11) is 0. The van der Waals surface area contributed by atoms with Crippen LogP contribution in [0.5, 0.6) is 5.75 Å². The number of alkyl halides is 3. The average molecular weight is 414 g/mol. The van der Waals surface area contributed by atoms with Crippen LogP contribution in [-0.2, 0) is 4.79 Å². The average Bonchev–Trinajstić information content (AvgIpc) is 2.71. The first-order valence-electron chi connectivity index (χ1n) is 10.1. The second-order valence-electron chi connectivity index (χ2n) is 7.54. The van der Waals surface area contributed by atoms with Gasteiger partial charge in [0.05, 0.1) is 6.61 Å². The molecule has 2 fully saturated rings. The Bertz CT molecular complexity index is 661. The fraction of sp³-hybridized carbons (Fsp3) is 0.650. The lowest BCUT2D eigenvalue weighted by atomic mass is 10.1. The molecule has 2 saturated heterocycles. The number of benzene rings is 1. The second-order valence-corrected chi connectivity index (χ2v) is 7.54. The predicted octanol–water partition coefficient (Wildman–Crippen LogP) is 1.96. The van der Waals surface area contributed by atoms with Gasteiger partial charge in [0.15, 0.2) is 0 Å². The molecule has 1 N–H and O–H groups in total. The molecule has 9 heteroatoms. The molecule has 1 amide bonds. The molecular weight excluding hydrogens is 385 g/mol. The summed E-state index contributed by atoms with van der Waals surface area (Å²) in [6, 6.07) is 5.76. The fourth-order valence-electron chi connectivity index (χ4n) is 3.72. The van der Waals surface area contributed by atoms with Crippen molar-refractivity contribution in [1.29, 1.82) is 0 Å². The van der Waals surface area contributed by atoms with Crippen LogP contribution in [-0.4, -0.2) is 86.9 Å². The molecule has 162 valence electrons. The van der Waals surface area contributed by atoms with Crippen LogP contribution in [0.2, 0.25) is 0 Å². The molecule has 2 heterocycles. The third-order valence-corrected chi connectivity index (χ3v) is 5.48. The number of amides is 1. The van der Waals surface area contributed by atoms with Crippen molar-refractivity contribution >= 4 is 11.6 Å². The molecule has 2 aliphatic rings. The Hall–Kier alpha value is -2.00. The lowest BCUT2D eigenvalue weighted by Crippen LogP contribution is -2.57. The number of rotatable bonds is 6. The topological polar surface area (TPSA) is 48.1 Å². The molecule has 6 nitrogen and oxygen atoms in total. The summed E-state index contributed by atoms with van der Waals surface area (Å²) >= 11 is 0. The van der Waals surface area contributed by atoms with Gasteiger partial charge < -0.3 is 19.9 Å². The van der Waals surface area contributed by atoms with Crippen LogP contribution < -0.4 is 15.0 Å². The van der Waals surface area contributed by atoms with Crippen molar-refractivity contribution in [3.8, 4) is 5.75 Å². The summed E-state index contributed by atoms with van der Waals surface area (Å²) in [6.45, 7) is 7.20. The van der Waals surface area contributed by atoms with E-state index in [1.807, 2.05) is 29.2 Å². The van der Waals surface area contributed by atoms with Gasteiger partial charge in [0.1, 0.15) is 11.8 Å². The SMILES string of the molecule is CC(=O)N1CCN(CCCOc2ccc(N3CCNC(C(F)(F)F)C3)cc2)CC1. The highest BCUT2D eigenvalue weighted by Crippen LogP contribution is 2.26. The number of ether oxygens (including phenoxy) is 1. The summed E-state index contributed by atoms with van der Waals surface area (Å²) in [4.78, 5) is 17.3. The Kier molecular flexibility index (Phi) is 7.23. The highest BCUT2D eigenvalue weighted by Gasteiger charge is 2.41. The van der Waals surface area contributed by atoms with E-state index in [9.17, 15) is 18.0 Å². The number of halogens is 3. The molecule has 0 aliphatic carbocycles. The van der Waals surface area contributed by atoms with E-state index in [4.69, 9.17) is 4.74 Å². The molecule has 0 bridgehead atoms. The molecule has 0 radical (unpaired) electrons. The standard InChI is InChI=1S/C20H29F3N4O2/c1-16(28)26-12-10-25(11-13-26)8-2-14-29-18-5-3-17(4-6-18)27-9-7-24-19(15-27)20(21,22)23/h3-6,19,24H,2,7-15H2,1H3. The molecule has 1 unspecified atom stereocenters. The van der Waals surface area contributed by atoms with E-state index in [1.165, 1.54) is 0 Å². The van der Waals surface area contributed by atoms with E-state index in [0.29, 0.717) is 19.7 Å². The number of carbonyl (C=O) groups excluding carboxylic acids is 1. The van der Waals surface area contributed by atoms with Crippen molar-refractivity contribution in [2.24, 2.45) is 0 Å². The van der Waals surface area contributed by atoms with E-state index >= 15 is 0 Å². The fourth-order valence-corrected chi connectivity index (χ4v) is 3.72. The minimum absolute atomic E-state index is 0.0827. The maximum atomic E-state index is 12.9. The van der Waals surface area contributed by atoms with Gasteiger partial charge in [0.25, 0.3) is 0 Å². The number of carbonyl (C=O) groups is 1.